The normalized spacial score (nSPS) is 13.5. The molecular formula is C25H18Cl3N3O3. The van der Waals surface area contributed by atoms with Crippen molar-refractivity contribution in [3.05, 3.63) is 98.6 Å². The molecule has 2 N–H and O–H groups in total. The summed E-state index contributed by atoms with van der Waals surface area (Å²) in [5.74, 6) is -1.64. The number of imide groups is 1. The minimum absolute atomic E-state index is 0.0679. The Morgan fingerprint density at radius 1 is 0.912 bits per heavy atom. The van der Waals surface area contributed by atoms with E-state index in [4.69, 9.17) is 34.8 Å². The fourth-order valence-electron chi connectivity index (χ4n) is 3.40. The fourth-order valence-corrected chi connectivity index (χ4v) is 3.96. The molecule has 3 aromatic rings. The molecule has 4 rings (SSSR count). The van der Waals surface area contributed by atoms with Crippen LogP contribution < -0.4 is 15.5 Å². The summed E-state index contributed by atoms with van der Waals surface area (Å²) in [6.45, 7) is 2.01. The zero-order chi connectivity index (χ0) is 24.4. The van der Waals surface area contributed by atoms with E-state index in [0.29, 0.717) is 27.6 Å². The third kappa shape index (κ3) is 4.66. The lowest BCUT2D eigenvalue weighted by Crippen LogP contribution is -2.32. The quantitative estimate of drug-likeness (QED) is 0.382. The van der Waals surface area contributed by atoms with Crippen molar-refractivity contribution in [1.82, 2.24) is 0 Å². The number of anilines is 3. The van der Waals surface area contributed by atoms with Crippen LogP contribution in [0.25, 0.3) is 0 Å². The van der Waals surface area contributed by atoms with Crippen LogP contribution in [0.1, 0.15) is 22.8 Å². The first kappa shape index (κ1) is 23.8. The summed E-state index contributed by atoms with van der Waals surface area (Å²) in [7, 11) is 0. The molecule has 1 aliphatic heterocycles. The number of hydrogen-bond donors (Lipinski definition) is 2. The first-order valence-electron chi connectivity index (χ1n) is 10.3. The second kappa shape index (κ2) is 9.89. The van der Waals surface area contributed by atoms with Crippen molar-refractivity contribution < 1.29 is 14.4 Å². The minimum Gasteiger partial charge on any atom is -0.350 e. The summed E-state index contributed by atoms with van der Waals surface area (Å²) in [5, 5.41) is 5.89. The van der Waals surface area contributed by atoms with Crippen LogP contribution in [0.4, 0.5) is 17.1 Å². The maximum atomic E-state index is 13.0. The van der Waals surface area contributed by atoms with Gasteiger partial charge in [0.2, 0.25) is 0 Å². The molecule has 0 fully saturated rings. The Balaban J connectivity index is 1.54. The van der Waals surface area contributed by atoms with Crippen molar-refractivity contribution in [2.45, 2.75) is 13.3 Å². The SMILES string of the molecule is CCc1ccc(N2C(=O)C(Cl)=C(Nc3cccc(C(=O)Nc4cccc(Cl)c4Cl)c3)C2=O)cc1. The number of benzene rings is 3. The number of nitrogens with zero attached hydrogens (tertiary/aromatic N) is 1. The van der Waals surface area contributed by atoms with Crippen LogP contribution in [0.2, 0.25) is 10.0 Å². The van der Waals surface area contributed by atoms with Crippen molar-refractivity contribution in [2.75, 3.05) is 15.5 Å². The highest BCUT2D eigenvalue weighted by Crippen LogP contribution is 2.32. The van der Waals surface area contributed by atoms with Crippen molar-refractivity contribution >= 4 is 69.6 Å². The molecule has 172 valence electrons. The van der Waals surface area contributed by atoms with E-state index in [0.717, 1.165) is 16.9 Å². The molecule has 0 saturated carbocycles. The Morgan fingerprint density at radius 3 is 2.32 bits per heavy atom. The van der Waals surface area contributed by atoms with Gasteiger partial charge in [0.25, 0.3) is 17.7 Å². The number of rotatable bonds is 6. The lowest BCUT2D eigenvalue weighted by molar-refractivity contribution is -0.120. The van der Waals surface area contributed by atoms with Gasteiger partial charge in [0.1, 0.15) is 10.7 Å². The van der Waals surface area contributed by atoms with Crippen molar-refractivity contribution in [3.8, 4) is 0 Å². The largest absolute Gasteiger partial charge is 0.350 e. The maximum Gasteiger partial charge on any atom is 0.283 e. The molecule has 0 spiro atoms. The van der Waals surface area contributed by atoms with Gasteiger partial charge in [0.15, 0.2) is 0 Å². The Bertz CT molecular complexity index is 1340. The van der Waals surface area contributed by atoms with E-state index in [1.165, 1.54) is 6.07 Å². The van der Waals surface area contributed by atoms with E-state index >= 15 is 0 Å². The van der Waals surface area contributed by atoms with Gasteiger partial charge in [-0.15, -0.1) is 0 Å². The molecule has 6 nitrogen and oxygen atoms in total. The highest BCUT2D eigenvalue weighted by molar-refractivity contribution is 6.53. The third-order valence-electron chi connectivity index (χ3n) is 5.22. The molecule has 0 unspecified atom stereocenters. The summed E-state index contributed by atoms with van der Waals surface area (Å²) in [4.78, 5) is 39.5. The van der Waals surface area contributed by atoms with Gasteiger partial charge in [0, 0.05) is 11.3 Å². The summed E-state index contributed by atoms with van der Waals surface area (Å²) in [6, 6.07) is 18.4. The number of hydrogen-bond acceptors (Lipinski definition) is 4. The predicted octanol–water partition coefficient (Wildman–Crippen LogP) is 6.24. The van der Waals surface area contributed by atoms with Gasteiger partial charge < -0.3 is 10.6 Å². The molecule has 1 heterocycles. The van der Waals surface area contributed by atoms with E-state index in [9.17, 15) is 14.4 Å². The standard InChI is InChI=1S/C25H18Cl3N3O3/c1-2-14-9-11-17(12-10-14)31-24(33)21(28)22(25(31)34)29-16-6-3-5-15(13-16)23(32)30-19-8-4-7-18(26)20(19)27/h3-13,29H,2H2,1H3,(H,30,32). The van der Waals surface area contributed by atoms with Crippen molar-refractivity contribution in [1.29, 1.82) is 0 Å². The number of carbonyl (C=O) groups excluding carboxylic acids is 3. The van der Waals surface area contributed by atoms with Crippen molar-refractivity contribution in [3.63, 3.8) is 0 Å². The lowest BCUT2D eigenvalue weighted by Gasteiger charge is -2.15. The van der Waals surface area contributed by atoms with Gasteiger partial charge in [-0.1, -0.05) is 66.0 Å². The molecule has 3 amide bonds. The van der Waals surface area contributed by atoms with Gasteiger partial charge >= 0.3 is 0 Å². The molecule has 0 bridgehead atoms. The first-order chi connectivity index (χ1) is 16.3. The highest BCUT2D eigenvalue weighted by atomic mass is 35.5. The topological polar surface area (TPSA) is 78.5 Å². The molecule has 0 atom stereocenters. The van der Waals surface area contributed by atoms with Crippen LogP contribution in [0, 0.1) is 0 Å². The Labute approximate surface area is 211 Å². The van der Waals surface area contributed by atoms with E-state index in [2.05, 4.69) is 10.6 Å². The van der Waals surface area contributed by atoms with Crippen LogP contribution in [0.15, 0.2) is 77.5 Å². The number of carbonyl (C=O) groups is 3. The van der Waals surface area contributed by atoms with Gasteiger partial charge in [-0.3, -0.25) is 14.4 Å². The molecule has 3 aromatic carbocycles. The Hall–Kier alpha value is -3.32. The number of amides is 3. The maximum absolute atomic E-state index is 13.0. The molecule has 0 aromatic heterocycles. The van der Waals surface area contributed by atoms with Crippen molar-refractivity contribution in [2.24, 2.45) is 0 Å². The fraction of sp³-hybridized carbons (Fsp3) is 0.0800. The first-order valence-corrected chi connectivity index (χ1v) is 11.4. The monoisotopic (exact) mass is 513 g/mol. The summed E-state index contributed by atoms with van der Waals surface area (Å²) in [5.41, 5.74) is 2.50. The van der Waals surface area contributed by atoms with Crippen LogP contribution in [0.3, 0.4) is 0 Å². The van der Waals surface area contributed by atoms with Gasteiger partial charge in [0.05, 0.1) is 21.4 Å². The zero-order valence-corrected chi connectivity index (χ0v) is 20.1. The van der Waals surface area contributed by atoms with Crippen LogP contribution in [-0.4, -0.2) is 17.7 Å². The number of nitrogens with one attached hydrogen (secondary N) is 2. The lowest BCUT2D eigenvalue weighted by atomic mass is 10.1. The van der Waals surface area contributed by atoms with Gasteiger partial charge in [-0.25, -0.2) is 4.90 Å². The van der Waals surface area contributed by atoms with E-state index in [1.807, 2.05) is 19.1 Å². The minimum atomic E-state index is -0.622. The average Bonchev–Trinajstić information content (AvgIpc) is 3.05. The molecule has 0 saturated heterocycles. The average molecular weight is 515 g/mol. The summed E-state index contributed by atoms with van der Waals surface area (Å²) >= 11 is 18.4. The second-order valence-electron chi connectivity index (χ2n) is 7.42. The van der Waals surface area contributed by atoms with E-state index in [-0.39, 0.29) is 15.8 Å². The van der Waals surface area contributed by atoms with E-state index in [1.54, 1.807) is 48.5 Å². The highest BCUT2D eigenvalue weighted by Gasteiger charge is 2.39. The number of aryl methyl sites for hydroxylation is 1. The van der Waals surface area contributed by atoms with Gasteiger partial charge in [-0.2, -0.15) is 0 Å². The molecule has 0 radical (unpaired) electrons. The van der Waals surface area contributed by atoms with Gasteiger partial charge in [-0.05, 0) is 54.4 Å². The molecule has 34 heavy (non-hydrogen) atoms. The van der Waals surface area contributed by atoms with E-state index < -0.39 is 17.7 Å². The van der Waals surface area contributed by atoms with Crippen LogP contribution in [0.5, 0.6) is 0 Å². The number of halogens is 3. The van der Waals surface area contributed by atoms with Crippen LogP contribution in [-0.2, 0) is 16.0 Å². The summed E-state index contributed by atoms with van der Waals surface area (Å²) < 4.78 is 0. The Morgan fingerprint density at radius 2 is 1.62 bits per heavy atom. The molecule has 0 aliphatic carbocycles. The Kier molecular flexibility index (Phi) is 6.93. The van der Waals surface area contributed by atoms with Crippen LogP contribution >= 0.6 is 34.8 Å². The predicted molar refractivity (Wildman–Crippen MR) is 136 cm³/mol. The molecule has 9 heteroatoms. The zero-order valence-electron chi connectivity index (χ0n) is 17.9. The molecule has 1 aliphatic rings. The second-order valence-corrected chi connectivity index (χ2v) is 8.58. The summed E-state index contributed by atoms with van der Waals surface area (Å²) in [6.07, 6.45) is 0.835. The molecular weight excluding hydrogens is 497 g/mol. The third-order valence-corrected chi connectivity index (χ3v) is 6.39. The smallest absolute Gasteiger partial charge is 0.283 e.